The van der Waals surface area contributed by atoms with Gasteiger partial charge in [-0.15, -0.1) is 0 Å². The minimum absolute atomic E-state index is 0.00407. The minimum atomic E-state index is 0.00407. The fraction of sp³-hybridized carbons (Fsp3) is 0.462. The van der Waals surface area contributed by atoms with E-state index in [-0.39, 0.29) is 11.9 Å². The van der Waals surface area contributed by atoms with Crippen LogP contribution in [0.15, 0.2) is 18.2 Å². The Bertz CT molecular complexity index is 412. The van der Waals surface area contributed by atoms with Gasteiger partial charge in [-0.25, -0.2) is 0 Å². The third kappa shape index (κ3) is 3.44. The molecule has 1 saturated heterocycles. The lowest BCUT2D eigenvalue weighted by molar-refractivity contribution is 0.0129. The molecule has 1 heterocycles. The van der Waals surface area contributed by atoms with Crippen molar-refractivity contribution in [1.82, 2.24) is 0 Å². The Morgan fingerprint density at radius 2 is 2.18 bits per heavy atom. The summed E-state index contributed by atoms with van der Waals surface area (Å²) in [6, 6.07) is 4.95. The summed E-state index contributed by atoms with van der Waals surface area (Å²) in [7, 11) is 0. The number of rotatable bonds is 3. The lowest BCUT2D eigenvalue weighted by Gasteiger charge is -2.21. The molecule has 2 rings (SSSR count). The van der Waals surface area contributed by atoms with Gasteiger partial charge in [-0.05, 0) is 37.5 Å². The van der Waals surface area contributed by atoms with Crippen LogP contribution in [0.5, 0.6) is 0 Å². The molecule has 4 heteroatoms. The van der Waals surface area contributed by atoms with Crippen molar-refractivity contribution in [2.24, 2.45) is 0 Å². The highest BCUT2D eigenvalue weighted by Gasteiger charge is 2.20. The smallest absolute Gasteiger partial charge is 0.167 e. The SMILES string of the molecule is O=C(CC1CCCCO1)c1cc(Cl)ccc1Cl. The van der Waals surface area contributed by atoms with Gasteiger partial charge in [-0.2, -0.15) is 0 Å². The lowest BCUT2D eigenvalue weighted by atomic mass is 10.00. The van der Waals surface area contributed by atoms with Gasteiger partial charge < -0.3 is 4.74 Å². The summed E-state index contributed by atoms with van der Waals surface area (Å²) in [5, 5.41) is 0.984. The van der Waals surface area contributed by atoms with Gasteiger partial charge in [0.25, 0.3) is 0 Å². The topological polar surface area (TPSA) is 26.3 Å². The summed E-state index contributed by atoms with van der Waals surface area (Å²) in [5.74, 6) is 0.00407. The molecule has 1 atom stereocenters. The van der Waals surface area contributed by atoms with Crippen molar-refractivity contribution in [2.45, 2.75) is 31.8 Å². The predicted molar refractivity (Wildman–Crippen MR) is 69.0 cm³/mol. The minimum Gasteiger partial charge on any atom is -0.378 e. The molecule has 92 valence electrons. The molecular weight excluding hydrogens is 259 g/mol. The highest BCUT2D eigenvalue weighted by atomic mass is 35.5. The summed E-state index contributed by atoms with van der Waals surface area (Å²) in [5.41, 5.74) is 0.494. The molecule has 0 radical (unpaired) electrons. The molecule has 0 amide bonds. The van der Waals surface area contributed by atoms with Crippen LogP contribution in [0.3, 0.4) is 0 Å². The Hall–Kier alpha value is -0.570. The Morgan fingerprint density at radius 1 is 1.35 bits per heavy atom. The number of hydrogen-bond donors (Lipinski definition) is 0. The van der Waals surface area contributed by atoms with Gasteiger partial charge >= 0.3 is 0 Å². The van der Waals surface area contributed by atoms with Crippen LogP contribution < -0.4 is 0 Å². The molecule has 0 aliphatic carbocycles. The molecule has 0 bridgehead atoms. The van der Waals surface area contributed by atoms with Crippen LogP contribution in [0.1, 0.15) is 36.0 Å². The van der Waals surface area contributed by atoms with E-state index >= 15 is 0 Å². The van der Waals surface area contributed by atoms with Crippen molar-refractivity contribution in [1.29, 1.82) is 0 Å². The monoisotopic (exact) mass is 272 g/mol. The standard InChI is InChI=1S/C13H14Cl2O2/c14-9-4-5-12(15)11(7-9)13(16)8-10-3-1-2-6-17-10/h4-5,7,10H,1-3,6,8H2. The van der Waals surface area contributed by atoms with E-state index in [0.29, 0.717) is 22.0 Å². The third-order valence-electron chi connectivity index (χ3n) is 2.92. The highest BCUT2D eigenvalue weighted by molar-refractivity contribution is 6.35. The number of carbonyl (C=O) groups is 1. The predicted octanol–water partition coefficient (Wildman–Crippen LogP) is 4.14. The van der Waals surface area contributed by atoms with Gasteiger partial charge in [0.1, 0.15) is 0 Å². The molecule has 2 nitrogen and oxygen atoms in total. The second-order valence-electron chi connectivity index (χ2n) is 4.24. The second kappa shape index (κ2) is 5.85. The molecule has 1 aliphatic heterocycles. The summed E-state index contributed by atoms with van der Waals surface area (Å²) < 4.78 is 5.54. The molecule has 1 aromatic rings. The van der Waals surface area contributed by atoms with Crippen molar-refractivity contribution in [3.63, 3.8) is 0 Å². The summed E-state index contributed by atoms with van der Waals surface area (Å²) in [4.78, 5) is 12.1. The van der Waals surface area contributed by atoms with Gasteiger partial charge in [0.2, 0.25) is 0 Å². The largest absolute Gasteiger partial charge is 0.378 e. The van der Waals surface area contributed by atoms with Crippen LogP contribution in [0.4, 0.5) is 0 Å². The fourth-order valence-corrected chi connectivity index (χ4v) is 2.39. The van der Waals surface area contributed by atoms with Crippen LogP contribution in [0, 0.1) is 0 Å². The van der Waals surface area contributed by atoms with Crippen molar-refractivity contribution < 1.29 is 9.53 Å². The summed E-state index contributed by atoms with van der Waals surface area (Å²) >= 11 is 11.9. The summed E-state index contributed by atoms with van der Waals surface area (Å²) in [6.07, 6.45) is 3.58. The number of benzene rings is 1. The zero-order chi connectivity index (χ0) is 12.3. The van der Waals surface area contributed by atoms with Gasteiger partial charge in [-0.3, -0.25) is 4.79 Å². The Balaban J connectivity index is 2.05. The summed E-state index contributed by atoms with van der Waals surface area (Å²) in [6.45, 7) is 0.751. The first-order valence-corrected chi connectivity index (χ1v) is 6.52. The van der Waals surface area contributed by atoms with Crippen molar-refractivity contribution in [3.05, 3.63) is 33.8 Å². The Morgan fingerprint density at radius 3 is 2.88 bits per heavy atom. The van der Waals surface area contributed by atoms with Gasteiger partial charge in [-0.1, -0.05) is 23.2 Å². The molecule has 1 aliphatic rings. The number of ketones is 1. The number of ether oxygens (including phenoxy) is 1. The number of hydrogen-bond acceptors (Lipinski definition) is 2. The van der Waals surface area contributed by atoms with Crippen LogP contribution in [-0.4, -0.2) is 18.5 Å². The van der Waals surface area contributed by atoms with Gasteiger partial charge in [0.05, 0.1) is 11.1 Å². The molecule has 1 fully saturated rings. The fourth-order valence-electron chi connectivity index (χ4n) is 2.00. The molecule has 1 unspecified atom stereocenters. The van der Waals surface area contributed by atoms with E-state index in [0.717, 1.165) is 25.9 Å². The van der Waals surface area contributed by atoms with Crippen molar-refractivity contribution in [2.75, 3.05) is 6.61 Å². The number of halogens is 2. The normalized spacial score (nSPS) is 20.2. The van der Waals surface area contributed by atoms with Crippen LogP contribution in [-0.2, 0) is 4.74 Å². The van der Waals surface area contributed by atoms with Crippen LogP contribution in [0.2, 0.25) is 10.0 Å². The molecular formula is C13H14Cl2O2. The number of carbonyl (C=O) groups excluding carboxylic acids is 1. The van der Waals surface area contributed by atoms with E-state index in [4.69, 9.17) is 27.9 Å². The average molecular weight is 273 g/mol. The first kappa shape index (κ1) is 12.9. The quantitative estimate of drug-likeness (QED) is 0.774. The third-order valence-corrected chi connectivity index (χ3v) is 3.48. The maximum absolute atomic E-state index is 12.1. The molecule has 0 spiro atoms. The average Bonchev–Trinajstić information content (AvgIpc) is 2.33. The highest BCUT2D eigenvalue weighted by Crippen LogP contribution is 2.24. The van der Waals surface area contributed by atoms with Crippen molar-refractivity contribution in [3.8, 4) is 0 Å². The first-order chi connectivity index (χ1) is 8.16. The maximum atomic E-state index is 12.1. The molecule has 0 saturated carbocycles. The van der Waals surface area contributed by atoms with Crippen LogP contribution >= 0.6 is 23.2 Å². The van der Waals surface area contributed by atoms with Crippen molar-refractivity contribution >= 4 is 29.0 Å². The van der Waals surface area contributed by atoms with E-state index in [2.05, 4.69) is 0 Å². The van der Waals surface area contributed by atoms with Crippen LogP contribution in [0.25, 0.3) is 0 Å². The van der Waals surface area contributed by atoms with E-state index in [1.54, 1.807) is 18.2 Å². The second-order valence-corrected chi connectivity index (χ2v) is 5.08. The molecule has 17 heavy (non-hydrogen) atoms. The van der Waals surface area contributed by atoms with E-state index < -0.39 is 0 Å². The molecule has 0 N–H and O–H groups in total. The zero-order valence-electron chi connectivity index (χ0n) is 9.42. The van der Waals surface area contributed by atoms with Gasteiger partial charge in [0.15, 0.2) is 5.78 Å². The Labute approximate surface area is 111 Å². The van der Waals surface area contributed by atoms with Gasteiger partial charge in [0, 0.05) is 23.6 Å². The first-order valence-electron chi connectivity index (χ1n) is 5.76. The lowest BCUT2D eigenvalue weighted by Crippen LogP contribution is -2.22. The molecule has 1 aromatic carbocycles. The van der Waals surface area contributed by atoms with E-state index in [9.17, 15) is 4.79 Å². The van der Waals surface area contributed by atoms with E-state index in [1.165, 1.54) is 0 Å². The maximum Gasteiger partial charge on any atom is 0.167 e. The zero-order valence-corrected chi connectivity index (χ0v) is 10.9. The van der Waals surface area contributed by atoms with E-state index in [1.807, 2.05) is 0 Å². The molecule has 0 aromatic heterocycles. The number of Topliss-reactive ketones (excluding diaryl/α,β-unsaturated/α-hetero) is 1. The Kier molecular flexibility index (Phi) is 4.43.